The number of hydrogen-bond donors (Lipinski definition) is 0. The van der Waals surface area contributed by atoms with E-state index in [1.165, 1.54) is 132 Å². The van der Waals surface area contributed by atoms with Gasteiger partial charge in [-0.1, -0.05) is 196 Å². The summed E-state index contributed by atoms with van der Waals surface area (Å²) in [5.74, 6) is 3.78. The first kappa shape index (κ1) is 57.2. The minimum Gasteiger partial charge on any atom is -0.277 e. The van der Waals surface area contributed by atoms with E-state index in [1.54, 1.807) is 0 Å². The number of hydrogen-bond acceptors (Lipinski definition) is 4. The molecule has 10 aromatic carbocycles. The first-order chi connectivity index (χ1) is 47.7. The summed E-state index contributed by atoms with van der Waals surface area (Å²) >= 11 is 0. The summed E-state index contributed by atoms with van der Waals surface area (Å²) in [6, 6.07) is 60.1. The molecule has 100 heavy (non-hydrogen) atoms. The lowest BCUT2D eigenvalue weighted by molar-refractivity contribution is 0.376. The summed E-state index contributed by atoms with van der Waals surface area (Å²) in [4.78, 5) is 23.0. The van der Waals surface area contributed by atoms with Gasteiger partial charge in [-0.05, 0) is 152 Å². The summed E-state index contributed by atoms with van der Waals surface area (Å²) in [7, 11) is 0. The van der Waals surface area contributed by atoms with Crippen LogP contribution < -0.4 is 0 Å². The van der Waals surface area contributed by atoms with Gasteiger partial charge in [-0.3, -0.25) is 35.2 Å². The van der Waals surface area contributed by atoms with E-state index in [2.05, 4.69) is 304 Å². The number of fused-ring (bicyclic) bond motifs is 36. The maximum absolute atomic E-state index is 5.98. The monoisotopic (exact) mass is 1300 g/mol. The lowest BCUT2D eigenvalue weighted by Crippen LogP contribution is -2.24. The fourth-order valence-corrected chi connectivity index (χ4v) is 18.8. The molecular weight excluding hydrogens is 1230 g/mol. The number of aromatic nitrogens is 12. The number of imidazole rings is 8. The van der Waals surface area contributed by atoms with Crippen LogP contribution in [0.2, 0.25) is 0 Å². The molecule has 0 aliphatic rings. The Kier molecular flexibility index (Phi) is 10.1. The molecule has 0 amide bonds. The molecular formula is C88H78N12. The molecule has 0 saturated heterocycles. The number of para-hydroxylation sites is 4. The van der Waals surface area contributed by atoms with E-state index in [-0.39, 0.29) is 32.5 Å². The molecule has 0 radical (unpaired) electrons. The summed E-state index contributed by atoms with van der Waals surface area (Å²) in [6.07, 6.45) is 1.88. The maximum atomic E-state index is 5.98. The molecule has 12 aromatic heterocycles. The standard InChI is InChI=1S/C88H78N12/c1-83(2,3)45-31-35-59-51(41-45)68-75-77(99-63-29-21-25-53(86(10,11)12)69(63)91-81(99)95(59)75)67-52-42-46(84(4,5)6)32-36-60(52)96-76(67)78(68)100-64-30-22-26-54(70(64)92-82(96)100)88(15,16)40-39-87(13,14)48-34-38-62-56(44-48)90-80-94-58-28-20-18-24-50(58)65-72(94)74(98(62)80)66-49-23-17-19-27-57(49)93-71(66)73(65)97-61-37-33-47(85(7,8)9)43-55(61)89-79(93)97/h17-38,41-44H,39-40H2,1-16H3. The average Bonchev–Trinajstić information content (AvgIpc) is 1.48. The molecule has 0 saturated carbocycles. The molecule has 0 aliphatic heterocycles. The first-order valence-electron chi connectivity index (χ1n) is 36.0. The van der Waals surface area contributed by atoms with Crippen LogP contribution in [0.3, 0.4) is 0 Å². The van der Waals surface area contributed by atoms with Gasteiger partial charge in [-0.15, -0.1) is 0 Å². The molecule has 0 fully saturated rings. The highest BCUT2D eigenvalue weighted by Crippen LogP contribution is 2.53. The number of nitrogens with zero attached hydrogens (tertiary/aromatic N) is 12. The van der Waals surface area contributed by atoms with E-state index < -0.39 is 0 Å². The molecule has 12 heteroatoms. The Morgan fingerprint density at radius 2 is 0.560 bits per heavy atom. The Morgan fingerprint density at radius 3 is 0.990 bits per heavy atom. The zero-order chi connectivity index (χ0) is 68.2. The van der Waals surface area contributed by atoms with Gasteiger partial charge in [0.25, 0.3) is 0 Å². The summed E-state index contributed by atoms with van der Waals surface area (Å²) in [5, 5.41) is 9.87. The smallest absolute Gasteiger partial charge is 0.220 e. The normalized spacial score (nSPS) is 14.3. The highest BCUT2D eigenvalue weighted by Gasteiger charge is 2.38. The quantitative estimate of drug-likeness (QED) is 0.172. The van der Waals surface area contributed by atoms with Crippen molar-refractivity contribution in [3.05, 3.63) is 191 Å². The highest BCUT2D eigenvalue weighted by atomic mass is 15.2. The fourth-order valence-electron chi connectivity index (χ4n) is 18.8. The molecule has 0 bridgehead atoms. The second kappa shape index (κ2) is 17.6. The largest absolute Gasteiger partial charge is 0.277 e. The minimum absolute atomic E-state index is 0.00579. The van der Waals surface area contributed by atoms with Crippen LogP contribution in [0.4, 0.5) is 0 Å². The van der Waals surface area contributed by atoms with Crippen LogP contribution in [0.5, 0.6) is 0 Å². The van der Waals surface area contributed by atoms with Gasteiger partial charge in [0.15, 0.2) is 0 Å². The Labute approximate surface area is 575 Å². The van der Waals surface area contributed by atoms with Crippen molar-refractivity contribution >= 4 is 177 Å². The van der Waals surface area contributed by atoms with E-state index in [4.69, 9.17) is 19.9 Å². The topological polar surface area (TPSA) is 86.8 Å². The SMILES string of the molecule is CC(C)(C)c1ccc2c(c1)nc1n2c2c3c4ccccc4n4c3c(c3c5ccccc5n1c32)n1c2ccc(C(C)(C)CCC(C)(C)c3cccc5c3nc3n5c5c6c7cc(C(C)(C)C)ccc7n7c6c(c6c8cc(C(C)(C)C)ccc8n3c65)n3c5cccc(C(C)(C)C)c5nc37)cc2nc14. The minimum atomic E-state index is -0.262. The van der Waals surface area contributed by atoms with E-state index in [9.17, 15) is 0 Å². The van der Waals surface area contributed by atoms with Crippen molar-refractivity contribution in [1.82, 2.24) is 55.1 Å². The van der Waals surface area contributed by atoms with Crippen LogP contribution >= 0.6 is 0 Å². The van der Waals surface area contributed by atoms with Crippen molar-refractivity contribution in [1.29, 1.82) is 0 Å². The number of benzene rings is 10. The lowest BCUT2D eigenvalue weighted by atomic mass is 9.72. The zero-order valence-corrected chi connectivity index (χ0v) is 59.8. The third kappa shape index (κ3) is 6.75. The molecule has 0 atom stereocenters. The van der Waals surface area contributed by atoms with Gasteiger partial charge in [0.1, 0.15) is 0 Å². The van der Waals surface area contributed by atoms with Gasteiger partial charge in [-0.25, -0.2) is 19.9 Å². The summed E-state index contributed by atoms with van der Waals surface area (Å²) in [6.45, 7) is 37.5. The second-order valence-corrected chi connectivity index (χ2v) is 35.1. The van der Waals surface area contributed by atoms with Gasteiger partial charge in [0.05, 0.1) is 110 Å². The van der Waals surface area contributed by atoms with Gasteiger partial charge in [0, 0.05) is 43.1 Å². The van der Waals surface area contributed by atoms with Gasteiger partial charge in [0.2, 0.25) is 23.1 Å². The predicted octanol–water partition coefficient (Wildman–Crippen LogP) is 22.1. The van der Waals surface area contributed by atoms with Crippen LogP contribution in [0.25, 0.3) is 177 Å². The molecule has 22 rings (SSSR count). The maximum Gasteiger partial charge on any atom is 0.220 e. The third-order valence-corrected chi connectivity index (χ3v) is 24.1. The Morgan fingerprint density at radius 1 is 0.250 bits per heavy atom. The van der Waals surface area contributed by atoms with E-state index in [1.807, 2.05) is 0 Å². The number of rotatable bonds is 5. The van der Waals surface area contributed by atoms with Gasteiger partial charge in [-0.2, -0.15) is 0 Å². The summed E-state index contributed by atoms with van der Waals surface area (Å²) in [5.41, 5.74) is 29.8. The summed E-state index contributed by atoms with van der Waals surface area (Å²) < 4.78 is 19.9. The van der Waals surface area contributed by atoms with Crippen LogP contribution in [0, 0.1) is 0 Å². The molecule has 0 aliphatic carbocycles. The molecule has 0 spiro atoms. The molecule has 12 heterocycles. The Balaban J connectivity index is 0.717. The van der Waals surface area contributed by atoms with Crippen LogP contribution in [-0.2, 0) is 32.5 Å². The van der Waals surface area contributed by atoms with E-state index in [0.29, 0.717) is 0 Å². The molecule has 0 unspecified atom stereocenters. The first-order valence-corrected chi connectivity index (χ1v) is 36.0. The molecule has 490 valence electrons. The van der Waals surface area contributed by atoms with Crippen molar-refractivity contribution in [2.75, 3.05) is 0 Å². The molecule has 22 aromatic rings. The third-order valence-electron chi connectivity index (χ3n) is 24.1. The van der Waals surface area contributed by atoms with Crippen molar-refractivity contribution in [3.8, 4) is 0 Å². The van der Waals surface area contributed by atoms with Crippen LogP contribution in [0.15, 0.2) is 158 Å². The second-order valence-electron chi connectivity index (χ2n) is 35.1. The Hall–Kier alpha value is -10.7. The van der Waals surface area contributed by atoms with Crippen molar-refractivity contribution in [2.45, 2.75) is 156 Å². The predicted molar refractivity (Wildman–Crippen MR) is 417 cm³/mol. The van der Waals surface area contributed by atoms with Crippen LogP contribution in [0.1, 0.15) is 157 Å². The molecule has 0 N–H and O–H groups in total. The average molecular weight is 1300 g/mol. The van der Waals surface area contributed by atoms with E-state index >= 15 is 0 Å². The van der Waals surface area contributed by atoms with Crippen molar-refractivity contribution < 1.29 is 0 Å². The van der Waals surface area contributed by atoms with Crippen molar-refractivity contribution in [2.24, 2.45) is 0 Å². The fraction of sp³-hybridized carbons (Fsp3) is 0.273. The lowest BCUT2D eigenvalue weighted by Gasteiger charge is -2.32. The van der Waals surface area contributed by atoms with Gasteiger partial charge >= 0.3 is 0 Å². The van der Waals surface area contributed by atoms with E-state index in [0.717, 1.165) is 91.1 Å². The Bertz CT molecular complexity index is 7400. The zero-order valence-electron chi connectivity index (χ0n) is 59.8. The van der Waals surface area contributed by atoms with Gasteiger partial charge < -0.3 is 0 Å². The highest BCUT2D eigenvalue weighted by molar-refractivity contribution is 6.39. The molecule has 12 nitrogen and oxygen atoms in total. The van der Waals surface area contributed by atoms with Crippen LogP contribution in [-0.4, -0.2) is 55.1 Å². The van der Waals surface area contributed by atoms with Crippen molar-refractivity contribution in [3.63, 3.8) is 0 Å².